The lowest BCUT2D eigenvalue weighted by Gasteiger charge is -2.13. The number of fused-ring (bicyclic) bond motifs is 1. The van der Waals surface area contributed by atoms with Crippen LogP contribution in [0, 0.1) is 13.8 Å². The van der Waals surface area contributed by atoms with Gasteiger partial charge in [0.2, 0.25) is 5.91 Å². The number of aryl methyl sites for hydroxylation is 2. The first kappa shape index (κ1) is 19.0. The number of halogens is 1. The van der Waals surface area contributed by atoms with E-state index >= 15 is 0 Å². The molecule has 0 unspecified atom stereocenters. The molecule has 0 atom stereocenters. The van der Waals surface area contributed by atoms with E-state index in [2.05, 4.69) is 10.4 Å². The van der Waals surface area contributed by atoms with Crippen molar-refractivity contribution in [3.63, 3.8) is 0 Å². The molecule has 2 heterocycles. The van der Waals surface area contributed by atoms with Crippen LogP contribution in [0.4, 0.5) is 5.69 Å². The summed E-state index contributed by atoms with van der Waals surface area (Å²) in [7, 11) is 0. The molecule has 0 saturated carbocycles. The van der Waals surface area contributed by atoms with Crippen LogP contribution in [-0.2, 0) is 11.3 Å². The summed E-state index contributed by atoms with van der Waals surface area (Å²) in [5, 5.41) is 8.70. The lowest BCUT2D eigenvalue weighted by atomic mass is 10.1. The summed E-state index contributed by atoms with van der Waals surface area (Å²) in [5.74, 6) is -0.344. The minimum atomic E-state index is -0.344. The molecular formula is C22H19ClN4O2. The van der Waals surface area contributed by atoms with E-state index in [1.807, 2.05) is 44.2 Å². The third-order valence-corrected chi connectivity index (χ3v) is 5.07. The Bertz CT molecular complexity index is 1280. The average Bonchev–Trinajstić information content (AvgIpc) is 3.05. The smallest absolute Gasteiger partial charge is 0.252 e. The highest BCUT2D eigenvalue weighted by atomic mass is 35.5. The Kier molecular flexibility index (Phi) is 4.94. The maximum absolute atomic E-state index is 12.8. The van der Waals surface area contributed by atoms with Crippen LogP contribution in [0.2, 0.25) is 5.02 Å². The molecule has 29 heavy (non-hydrogen) atoms. The maximum atomic E-state index is 12.8. The molecule has 7 heteroatoms. The van der Waals surface area contributed by atoms with Gasteiger partial charge in [-0.05, 0) is 43.7 Å². The second-order valence-corrected chi connectivity index (χ2v) is 7.22. The Morgan fingerprint density at radius 1 is 1.07 bits per heavy atom. The van der Waals surface area contributed by atoms with Crippen LogP contribution in [0.5, 0.6) is 0 Å². The van der Waals surface area contributed by atoms with Gasteiger partial charge in [0.1, 0.15) is 12.2 Å². The first-order valence-electron chi connectivity index (χ1n) is 9.15. The standard InChI is InChI=1S/C22H19ClN4O2/c1-14-12-20(29)26(13-19(28)24-18-11-7-6-10-17(18)23)22-21(14)15(2)25-27(22)16-8-4-3-5-9-16/h3-12H,13H2,1-2H3,(H,24,28). The van der Waals surface area contributed by atoms with E-state index < -0.39 is 0 Å². The van der Waals surface area contributed by atoms with Crippen molar-refractivity contribution in [1.29, 1.82) is 0 Å². The fraction of sp³-hybridized carbons (Fsp3) is 0.136. The molecule has 0 aliphatic carbocycles. The zero-order valence-corrected chi connectivity index (χ0v) is 16.8. The molecule has 0 aliphatic heterocycles. The molecule has 1 amide bonds. The molecule has 2 aromatic heterocycles. The second kappa shape index (κ2) is 7.56. The minimum absolute atomic E-state index is 0.154. The number of hydrogen-bond acceptors (Lipinski definition) is 3. The minimum Gasteiger partial charge on any atom is -0.323 e. The van der Waals surface area contributed by atoms with Crippen molar-refractivity contribution >= 4 is 34.2 Å². The fourth-order valence-corrected chi connectivity index (χ4v) is 3.65. The maximum Gasteiger partial charge on any atom is 0.252 e. The molecule has 0 spiro atoms. The summed E-state index contributed by atoms with van der Waals surface area (Å²) in [5.41, 5.74) is 3.27. The number of hydrogen-bond donors (Lipinski definition) is 1. The largest absolute Gasteiger partial charge is 0.323 e. The first-order chi connectivity index (χ1) is 14.0. The number of carbonyl (C=O) groups excluding carboxylic acids is 1. The molecule has 2 aromatic carbocycles. The lowest BCUT2D eigenvalue weighted by molar-refractivity contribution is -0.116. The Morgan fingerprint density at radius 2 is 1.76 bits per heavy atom. The van der Waals surface area contributed by atoms with Crippen LogP contribution in [0.15, 0.2) is 65.5 Å². The summed E-state index contributed by atoms with van der Waals surface area (Å²) in [6, 6.07) is 18.1. The third-order valence-electron chi connectivity index (χ3n) is 4.74. The number of rotatable bonds is 4. The van der Waals surface area contributed by atoms with E-state index in [1.165, 1.54) is 10.6 Å². The molecule has 0 bridgehead atoms. The number of aromatic nitrogens is 3. The molecule has 6 nitrogen and oxygen atoms in total. The molecule has 4 rings (SSSR count). The van der Waals surface area contributed by atoms with Crippen molar-refractivity contribution in [1.82, 2.24) is 14.3 Å². The van der Waals surface area contributed by atoms with Gasteiger partial charge in [0.05, 0.1) is 22.1 Å². The Balaban J connectivity index is 1.83. The molecule has 0 saturated heterocycles. The molecule has 0 aliphatic rings. The zero-order chi connectivity index (χ0) is 20.5. The molecule has 0 radical (unpaired) electrons. The van der Waals surface area contributed by atoms with Crippen molar-refractivity contribution in [3.05, 3.63) is 87.3 Å². The van der Waals surface area contributed by atoms with Gasteiger partial charge >= 0.3 is 0 Å². The molecule has 4 aromatic rings. The predicted molar refractivity (Wildman–Crippen MR) is 115 cm³/mol. The third kappa shape index (κ3) is 3.54. The highest BCUT2D eigenvalue weighted by Crippen LogP contribution is 2.24. The number of nitrogens with zero attached hydrogens (tertiary/aromatic N) is 3. The predicted octanol–water partition coefficient (Wildman–Crippen LogP) is 4.10. The summed E-state index contributed by atoms with van der Waals surface area (Å²) in [6.45, 7) is 3.62. The topological polar surface area (TPSA) is 68.9 Å². The van der Waals surface area contributed by atoms with Crippen molar-refractivity contribution in [3.8, 4) is 5.69 Å². The van der Waals surface area contributed by atoms with Gasteiger partial charge in [0.25, 0.3) is 5.56 Å². The number of anilines is 1. The fourth-order valence-electron chi connectivity index (χ4n) is 3.46. The summed E-state index contributed by atoms with van der Waals surface area (Å²) in [6.07, 6.45) is 0. The van der Waals surface area contributed by atoms with Gasteiger partial charge in [-0.3, -0.25) is 14.2 Å². The quantitative estimate of drug-likeness (QED) is 0.554. The van der Waals surface area contributed by atoms with Crippen LogP contribution < -0.4 is 10.9 Å². The zero-order valence-electron chi connectivity index (χ0n) is 16.0. The van der Waals surface area contributed by atoms with Crippen LogP contribution >= 0.6 is 11.6 Å². The number of carbonyl (C=O) groups is 1. The highest BCUT2D eigenvalue weighted by Gasteiger charge is 2.19. The summed E-state index contributed by atoms with van der Waals surface area (Å²) in [4.78, 5) is 25.5. The van der Waals surface area contributed by atoms with Crippen molar-refractivity contribution < 1.29 is 4.79 Å². The van der Waals surface area contributed by atoms with E-state index in [0.29, 0.717) is 16.4 Å². The van der Waals surface area contributed by atoms with Crippen molar-refractivity contribution in [2.75, 3.05) is 5.32 Å². The SMILES string of the molecule is Cc1cc(=O)n(CC(=O)Nc2ccccc2Cl)c2c1c(C)nn2-c1ccccc1. The number of amides is 1. The normalized spacial score (nSPS) is 11.0. The number of nitrogens with one attached hydrogen (secondary N) is 1. The Labute approximate surface area is 172 Å². The summed E-state index contributed by atoms with van der Waals surface area (Å²) < 4.78 is 3.16. The van der Waals surface area contributed by atoms with Gasteiger partial charge in [-0.15, -0.1) is 0 Å². The van der Waals surface area contributed by atoms with E-state index in [4.69, 9.17) is 11.6 Å². The molecule has 146 valence electrons. The van der Waals surface area contributed by atoms with Gasteiger partial charge in [0.15, 0.2) is 0 Å². The average molecular weight is 407 g/mol. The van der Waals surface area contributed by atoms with Gasteiger partial charge in [0, 0.05) is 11.5 Å². The number of benzene rings is 2. The monoisotopic (exact) mass is 406 g/mol. The summed E-state index contributed by atoms with van der Waals surface area (Å²) >= 11 is 6.13. The van der Waals surface area contributed by atoms with Gasteiger partial charge in [-0.1, -0.05) is 41.9 Å². The van der Waals surface area contributed by atoms with Crippen molar-refractivity contribution in [2.24, 2.45) is 0 Å². The van der Waals surface area contributed by atoms with Crippen molar-refractivity contribution in [2.45, 2.75) is 20.4 Å². The number of pyridine rings is 1. The van der Waals surface area contributed by atoms with Gasteiger partial charge in [-0.25, -0.2) is 4.68 Å². The first-order valence-corrected chi connectivity index (χ1v) is 9.53. The van der Waals surface area contributed by atoms with E-state index in [0.717, 1.165) is 22.3 Å². The highest BCUT2D eigenvalue weighted by molar-refractivity contribution is 6.33. The number of para-hydroxylation sites is 2. The van der Waals surface area contributed by atoms with Crippen LogP contribution in [0.3, 0.4) is 0 Å². The van der Waals surface area contributed by atoms with Gasteiger partial charge in [-0.2, -0.15) is 5.10 Å². The van der Waals surface area contributed by atoms with Crippen LogP contribution in [-0.4, -0.2) is 20.3 Å². The van der Waals surface area contributed by atoms with Gasteiger partial charge < -0.3 is 5.32 Å². The van der Waals surface area contributed by atoms with E-state index in [1.54, 1.807) is 28.9 Å². The van der Waals surface area contributed by atoms with E-state index in [-0.39, 0.29) is 18.0 Å². The second-order valence-electron chi connectivity index (χ2n) is 6.81. The van der Waals surface area contributed by atoms with Crippen LogP contribution in [0.25, 0.3) is 16.7 Å². The molecular weight excluding hydrogens is 388 g/mol. The molecule has 1 N–H and O–H groups in total. The Hall–Kier alpha value is -3.38. The lowest BCUT2D eigenvalue weighted by Crippen LogP contribution is -2.29. The Morgan fingerprint density at radius 3 is 2.48 bits per heavy atom. The van der Waals surface area contributed by atoms with E-state index in [9.17, 15) is 9.59 Å². The van der Waals surface area contributed by atoms with Crippen LogP contribution in [0.1, 0.15) is 11.3 Å². The molecule has 0 fully saturated rings.